The van der Waals surface area contributed by atoms with Gasteiger partial charge in [-0.2, -0.15) is 5.06 Å². The van der Waals surface area contributed by atoms with E-state index >= 15 is 0 Å². The molecule has 1 rings (SSSR count). The Bertz CT molecular complexity index is 444. The molecule has 0 atom stereocenters. The van der Waals surface area contributed by atoms with Crippen molar-refractivity contribution in [3.63, 3.8) is 0 Å². The van der Waals surface area contributed by atoms with Gasteiger partial charge >= 0.3 is 0 Å². The lowest BCUT2D eigenvalue weighted by atomic mass is 9.90. The van der Waals surface area contributed by atoms with Gasteiger partial charge in [-0.25, -0.2) is 0 Å². The van der Waals surface area contributed by atoms with Crippen LogP contribution in [0.15, 0.2) is 0 Å². The number of rotatable bonds is 16. The number of unbranched alkanes of at least 4 members (excludes halogenated alkanes) is 14. The van der Waals surface area contributed by atoms with Crippen molar-refractivity contribution in [1.82, 2.24) is 9.96 Å². The first-order valence-electron chi connectivity index (χ1n) is 13.0. The van der Waals surface area contributed by atoms with E-state index in [-0.39, 0.29) is 5.91 Å². The monoisotopic (exact) mass is 424 g/mol. The predicted octanol–water partition coefficient (Wildman–Crippen LogP) is 7.34. The zero-order valence-electron chi connectivity index (χ0n) is 21.0. The van der Waals surface area contributed by atoms with Crippen LogP contribution in [0.3, 0.4) is 0 Å². The topological polar surface area (TPSA) is 43.8 Å². The molecule has 0 unspecified atom stereocenters. The first-order valence-corrected chi connectivity index (χ1v) is 13.0. The van der Waals surface area contributed by atoms with Crippen molar-refractivity contribution >= 4 is 5.91 Å². The van der Waals surface area contributed by atoms with Crippen molar-refractivity contribution in [3.8, 4) is 0 Å². The molecule has 1 aliphatic rings. The Morgan fingerprint density at radius 1 is 0.667 bits per heavy atom. The van der Waals surface area contributed by atoms with E-state index in [2.05, 4.69) is 6.92 Å². The van der Waals surface area contributed by atoms with Crippen LogP contribution >= 0.6 is 0 Å². The smallest absolute Gasteiger partial charge is 0.222 e. The maximum atomic E-state index is 12.6. The van der Waals surface area contributed by atoms with Crippen molar-refractivity contribution in [2.45, 2.75) is 148 Å². The van der Waals surface area contributed by atoms with Gasteiger partial charge in [0.1, 0.15) is 0 Å². The van der Waals surface area contributed by atoms with Crippen LogP contribution in [0.25, 0.3) is 0 Å². The van der Waals surface area contributed by atoms with E-state index in [1.165, 1.54) is 88.5 Å². The minimum Gasteiger partial charge on any atom is -0.339 e. The summed E-state index contributed by atoms with van der Waals surface area (Å²) in [6.07, 6.45) is 20.8. The lowest BCUT2D eigenvalue weighted by Gasteiger charge is -2.52. The van der Waals surface area contributed by atoms with E-state index in [1.807, 2.05) is 32.6 Å². The van der Waals surface area contributed by atoms with E-state index in [4.69, 9.17) is 0 Å². The molecule has 0 aromatic heterocycles. The molecule has 30 heavy (non-hydrogen) atoms. The number of hydrogen-bond acceptors (Lipinski definition) is 3. The van der Waals surface area contributed by atoms with Crippen LogP contribution < -0.4 is 0 Å². The van der Waals surface area contributed by atoms with Crippen LogP contribution in [0.5, 0.6) is 0 Å². The van der Waals surface area contributed by atoms with Crippen molar-refractivity contribution in [3.05, 3.63) is 0 Å². The molecule has 0 spiro atoms. The highest BCUT2D eigenvalue weighted by Crippen LogP contribution is 2.30. The average molecular weight is 425 g/mol. The summed E-state index contributed by atoms with van der Waals surface area (Å²) in [6, 6.07) is 0. The Morgan fingerprint density at radius 3 is 1.37 bits per heavy atom. The van der Waals surface area contributed by atoms with Crippen LogP contribution in [0.4, 0.5) is 0 Å². The number of piperazine rings is 1. The molecular formula is C26H52N2O2. The first kappa shape index (κ1) is 27.4. The van der Waals surface area contributed by atoms with Gasteiger partial charge in [-0.1, -0.05) is 96.8 Å². The van der Waals surface area contributed by atoms with Gasteiger partial charge in [-0.15, -0.1) is 0 Å². The molecule has 1 fully saturated rings. The molecule has 178 valence electrons. The second-order valence-corrected chi connectivity index (χ2v) is 10.9. The number of carbonyl (C=O) groups is 1. The highest BCUT2D eigenvalue weighted by Gasteiger charge is 2.45. The van der Waals surface area contributed by atoms with E-state index in [1.54, 1.807) is 0 Å². The van der Waals surface area contributed by atoms with Gasteiger partial charge in [-0.05, 0) is 34.1 Å². The normalized spacial score (nSPS) is 18.7. The molecule has 1 amide bonds. The van der Waals surface area contributed by atoms with Crippen LogP contribution in [-0.2, 0) is 4.79 Å². The van der Waals surface area contributed by atoms with Gasteiger partial charge < -0.3 is 10.1 Å². The van der Waals surface area contributed by atoms with Gasteiger partial charge in [0.25, 0.3) is 0 Å². The Balaban J connectivity index is 1.97. The quantitative estimate of drug-likeness (QED) is 0.264. The van der Waals surface area contributed by atoms with E-state index in [0.717, 1.165) is 12.8 Å². The fourth-order valence-corrected chi connectivity index (χ4v) is 4.93. The van der Waals surface area contributed by atoms with Gasteiger partial charge in [-0.3, -0.25) is 4.79 Å². The number of amides is 1. The van der Waals surface area contributed by atoms with Crippen LogP contribution in [0.2, 0.25) is 0 Å². The van der Waals surface area contributed by atoms with Crippen LogP contribution in [0, 0.1) is 0 Å². The Hall–Kier alpha value is -0.610. The van der Waals surface area contributed by atoms with Crippen molar-refractivity contribution in [2.24, 2.45) is 0 Å². The molecule has 0 saturated carbocycles. The van der Waals surface area contributed by atoms with E-state index in [9.17, 15) is 10.0 Å². The lowest BCUT2D eigenvalue weighted by molar-refractivity contribution is -0.252. The molecule has 4 nitrogen and oxygen atoms in total. The largest absolute Gasteiger partial charge is 0.339 e. The highest BCUT2D eigenvalue weighted by atomic mass is 16.5. The van der Waals surface area contributed by atoms with Crippen molar-refractivity contribution in [2.75, 3.05) is 13.1 Å². The maximum Gasteiger partial charge on any atom is 0.222 e. The summed E-state index contributed by atoms with van der Waals surface area (Å²) in [4.78, 5) is 14.6. The first-order chi connectivity index (χ1) is 14.2. The lowest BCUT2D eigenvalue weighted by Crippen LogP contribution is -2.68. The predicted molar refractivity (Wildman–Crippen MR) is 128 cm³/mol. The van der Waals surface area contributed by atoms with Crippen molar-refractivity contribution in [1.29, 1.82) is 0 Å². The zero-order valence-corrected chi connectivity index (χ0v) is 21.0. The Morgan fingerprint density at radius 2 is 1.00 bits per heavy atom. The molecule has 1 N–H and O–H groups in total. The molecule has 0 aromatic rings. The summed E-state index contributed by atoms with van der Waals surface area (Å²) in [7, 11) is 0. The molecule has 1 saturated heterocycles. The third-order valence-corrected chi connectivity index (χ3v) is 6.65. The fourth-order valence-electron chi connectivity index (χ4n) is 4.93. The van der Waals surface area contributed by atoms with Gasteiger partial charge in [0.05, 0.1) is 11.1 Å². The minimum absolute atomic E-state index is 0.249. The summed E-state index contributed by atoms with van der Waals surface area (Å²) in [5.74, 6) is 0.249. The molecule has 1 aliphatic heterocycles. The SMILES string of the molecule is CCCCCCCCCCCCCCCCCC(=O)N1CC(C)(C)N(O)C(C)(C)C1. The summed E-state index contributed by atoms with van der Waals surface area (Å²) < 4.78 is 0. The number of hydrogen-bond donors (Lipinski definition) is 1. The molecule has 0 aliphatic carbocycles. The van der Waals surface area contributed by atoms with E-state index in [0.29, 0.717) is 19.5 Å². The third-order valence-electron chi connectivity index (χ3n) is 6.65. The third kappa shape index (κ3) is 10.6. The molecule has 0 bridgehead atoms. The molecule has 4 heteroatoms. The summed E-state index contributed by atoms with van der Waals surface area (Å²) in [5, 5.41) is 11.8. The number of hydroxylamine groups is 2. The van der Waals surface area contributed by atoms with Crippen LogP contribution in [-0.4, -0.2) is 45.2 Å². The Labute approximate surface area is 187 Å². The van der Waals surface area contributed by atoms with Gasteiger partial charge in [0.15, 0.2) is 0 Å². The van der Waals surface area contributed by atoms with E-state index < -0.39 is 11.1 Å². The zero-order chi connectivity index (χ0) is 22.5. The minimum atomic E-state index is -0.396. The maximum absolute atomic E-state index is 12.6. The Kier molecular flexibility index (Phi) is 13.2. The number of carbonyl (C=O) groups excluding carboxylic acids is 1. The average Bonchev–Trinajstić information content (AvgIpc) is 2.68. The van der Waals surface area contributed by atoms with Crippen LogP contribution in [0.1, 0.15) is 137 Å². The summed E-state index contributed by atoms with van der Waals surface area (Å²) in [5.41, 5.74) is -0.793. The molecule has 1 heterocycles. The standard InChI is InChI=1S/C26H52N2O2/c1-6-7-8-9-10-11-12-13-14-15-16-17-18-19-20-21-24(29)27-22-25(2,3)28(30)26(4,5)23-27/h30H,6-23H2,1-5H3. The number of nitrogens with zero attached hydrogens (tertiary/aromatic N) is 2. The van der Waals surface area contributed by atoms with Gasteiger partial charge in [0.2, 0.25) is 5.91 Å². The van der Waals surface area contributed by atoms with Gasteiger partial charge in [0, 0.05) is 19.5 Å². The molecule has 0 radical (unpaired) electrons. The fraction of sp³-hybridized carbons (Fsp3) is 0.962. The second kappa shape index (κ2) is 14.5. The highest BCUT2D eigenvalue weighted by molar-refractivity contribution is 5.76. The van der Waals surface area contributed by atoms with Crippen molar-refractivity contribution < 1.29 is 10.0 Å². The second-order valence-electron chi connectivity index (χ2n) is 10.9. The summed E-state index contributed by atoms with van der Waals surface area (Å²) >= 11 is 0. The molecular weight excluding hydrogens is 372 g/mol. The molecule has 0 aromatic carbocycles. The summed E-state index contributed by atoms with van der Waals surface area (Å²) in [6.45, 7) is 11.5.